The first-order chi connectivity index (χ1) is 15.9. The number of amides is 1. The molecule has 0 aliphatic carbocycles. The van der Waals surface area contributed by atoms with Gasteiger partial charge in [0.2, 0.25) is 11.7 Å². The van der Waals surface area contributed by atoms with Crippen LogP contribution in [0.1, 0.15) is 34.0 Å². The van der Waals surface area contributed by atoms with E-state index in [1.807, 2.05) is 12.1 Å². The third kappa shape index (κ3) is 3.71. The maximum Gasteiger partial charge on any atom is 0.339 e. The van der Waals surface area contributed by atoms with E-state index in [4.69, 9.17) is 18.9 Å². The molecule has 9 nitrogen and oxygen atoms in total. The number of rotatable bonds is 7. The van der Waals surface area contributed by atoms with Gasteiger partial charge in [0.1, 0.15) is 11.3 Å². The van der Waals surface area contributed by atoms with Crippen LogP contribution >= 0.6 is 0 Å². The highest BCUT2D eigenvalue weighted by molar-refractivity contribution is 6.04. The van der Waals surface area contributed by atoms with E-state index in [2.05, 4.69) is 5.32 Å². The van der Waals surface area contributed by atoms with Gasteiger partial charge in [-0.05, 0) is 30.3 Å². The van der Waals surface area contributed by atoms with Gasteiger partial charge < -0.3 is 33.9 Å². The number of hydrogen-bond acceptors (Lipinski definition) is 6. The lowest BCUT2D eigenvalue weighted by molar-refractivity contribution is -0.116. The second kappa shape index (κ2) is 8.78. The zero-order valence-corrected chi connectivity index (χ0v) is 18.7. The summed E-state index contributed by atoms with van der Waals surface area (Å²) in [7, 11) is 6.11. The fourth-order valence-electron chi connectivity index (χ4n) is 4.24. The minimum Gasteiger partial charge on any atom is -0.497 e. The van der Waals surface area contributed by atoms with Crippen LogP contribution in [0.5, 0.6) is 23.0 Å². The highest BCUT2D eigenvalue weighted by atomic mass is 16.5. The molecule has 9 heteroatoms. The van der Waals surface area contributed by atoms with Crippen molar-refractivity contribution in [3.63, 3.8) is 0 Å². The molecule has 2 N–H and O–H groups in total. The van der Waals surface area contributed by atoms with Crippen molar-refractivity contribution in [1.82, 2.24) is 4.57 Å². The molecule has 0 saturated heterocycles. The first-order valence-electron chi connectivity index (χ1n) is 10.1. The number of methoxy groups -OCH3 is 4. The topological polar surface area (TPSA) is 108 Å². The normalized spacial score (nSPS) is 14.8. The summed E-state index contributed by atoms with van der Waals surface area (Å²) in [6.45, 7) is 0. The molecule has 33 heavy (non-hydrogen) atoms. The minimum atomic E-state index is -1.14. The van der Waals surface area contributed by atoms with Crippen molar-refractivity contribution in [3.8, 4) is 28.7 Å². The van der Waals surface area contributed by atoms with Crippen LogP contribution in [0.15, 0.2) is 42.6 Å². The van der Waals surface area contributed by atoms with Gasteiger partial charge in [0, 0.05) is 29.8 Å². The van der Waals surface area contributed by atoms with Crippen molar-refractivity contribution >= 4 is 17.6 Å². The maximum absolute atomic E-state index is 12.7. The number of aromatic carboxylic acids is 1. The molecule has 172 valence electrons. The van der Waals surface area contributed by atoms with E-state index in [0.29, 0.717) is 34.3 Å². The fourth-order valence-corrected chi connectivity index (χ4v) is 4.24. The van der Waals surface area contributed by atoms with E-state index < -0.39 is 11.9 Å². The summed E-state index contributed by atoms with van der Waals surface area (Å²) in [5.74, 6) is 0.0321. The average molecular weight is 452 g/mol. The van der Waals surface area contributed by atoms with Gasteiger partial charge >= 0.3 is 5.97 Å². The Morgan fingerprint density at radius 3 is 2.24 bits per heavy atom. The molecule has 0 saturated carbocycles. The van der Waals surface area contributed by atoms with Crippen LogP contribution < -0.4 is 24.3 Å². The SMILES string of the molecule is COc1ccc(-n2cc(C(=O)O)c3c2[C@H](c2ccc(OC)c(OC)c2OC)CC(=O)N3)cc1. The molecule has 0 bridgehead atoms. The molecule has 0 radical (unpaired) electrons. The number of hydrogen-bond donors (Lipinski definition) is 2. The highest BCUT2D eigenvalue weighted by Gasteiger charge is 2.36. The zero-order valence-electron chi connectivity index (χ0n) is 18.7. The molecule has 0 fully saturated rings. The molecule has 3 aromatic rings. The first-order valence-corrected chi connectivity index (χ1v) is 10.1. The lowest BCUT2D eigenvalue weighted by atomic mass is 9.87. The summed E-state index contributed by atoms with van der Waals surface area (Å²) < 4.78 is 23.6. The summed E-state index contributed by atoms with van der Waals surface area (Å²) in [6, 6.07) is 10.8. The van der Waals surface area contributed by atoms with Crippen LogP contribution in [-0.2, 0) is 4.79 Å². The van der Waals surface area contributed by atoms with E-state index >= 15 is 0 Å². The Morgan fingerprint density at radius 1 is 0.970 bits per heavy atom. The number of anilines is 1. The maximum atomic E-state index is 12.7. The lowest BCUT2D eigenvalue weighted by Crippen LogP contribution is -2.26. The Balaban J connectivity index is 1.98. The van der Waals surface area contributed by atoms with Crippen LogP contribution in [0.25, 0.3) is 5.69 Å². The molecular formula is C24H24N2O7. The molecular weight excluding hydrogens is 428 g/mol. The summed E-state index contributed by atoms with van der Waals surface area (Å²) in [6.07, 6.45) is 1.61. The summed E-state index contributed by atoms with van der Waals surface area (Å²) in [5.41, 5.74) is 2.29. The van der Waals surface area contributed by atoms with Crippen molar-refractivity contribution in [3.05, 3.63) is 59.4 Å². The summed E-state index contributed by atoms with van der Waals surface area (Å²) in [4.78, 5) is 24.7. The molecule has 2 aromatic carbocycles. The number of carbonyl (C=O) groups is 2. The van der Waals surface area contributed by atoms with E-state index in [9.17, 15) is 14.7 Å². The Morgan fingerprint density at radius 2 is 1.67 bits per heavy atom. The van der Waals surface area contributed by atoms with Crippen LogP contribution in [0.3, 0.4) is 0 Å². The number of aromatic nitrogens is 1. The molecule has 1 aliphatic rings. The smallest absolute Gasteiger partial charge is 0.339 e. The van der Waals surface area contributed by atoms with E-state index in [1.165, 1.54) is 27.5 Å². The highest BCUT2D eigenvalue weighted by Crippen LogP contribution is 2.49. The van der Waals surface area contributed by atoms with Crippen molar-refractivity contribution < 1.29 is 33.6 Å². The van der Waals surface area contributed by atoms with Gasteiger partial charge in [0.05, 0.1) is 39.8 Å². The summed E-state index contributed by atoms with van der Waals surface area (Å²) in [5, 5.41) is 12.6. The second-order valence-corrected chi connectivity index (χ2v) is 7.40. The van der Waals surface area contributed by atoms with E-state index in [0.717, 1.165) is 5.69 Å². The minimum absolute atomic E-state index is 0.00156. The Bertz CT molecular complexity index is 1210. The van der Waals surface area contributed by atoms with Crippen LogP contribution in [0.2, 0.25) is 0 Å². The monoisotopic (exact) mass is 452 g/mol. The molecule has 4 rings (SSSR count). The number of ether oxygens (including phenoxy) is 4. The predicted octanol–water partition coefficient (Wildman–Crippen LogP) is 3.68. The number of carbonyl (C=O) groups excluding carboxylic acids is 1. The number of carboxylic acid groups (broad SMARTS) is 1. The molecule has 1 atom stereocenters. The molecule has 0 spiro atoms. The fraction of sp³-hybridized carbons (Fsp3) is 0.250. The van der Waals surface area contributed by atoms with Gasteiger partial charge in [0.25, 0.3) is 0 Å². The lowest BCUT2D eigenvalue weighted by Gasteiger charge is -2.28. The number of carboxylic acids is 1. The van der Waals surface area contributed by atoms with Crippen molar-refractivity contribution in [1.29, 1.82) is 0 Å². The van der Waals surface area contributed by atoms with Crippen LogP contribution in [0, 0.1) is 0 Å². The van der Waals surface area contributed by atoms with Gasteiger partial charge in [-0.3, -0.25) is 4.79 Å². The third-order valence-corrected chi connectivity index (χ3v) is 5.72. The van der Waals surface area contributed by atoms with Gasteiger partial charge in [-0.25, -0.2) is 4.79 Å². The van der Waals surface area contributed by atoms with Gasteiger partial charge in [0.15, 0.2) is 11.5 Å². The largest absolute Gasteiger partial charge is 0.497 e. The molecule has 1 aliphatic heterocycles. The van der Waals surface area contributed by atoms with Crippen molar-refractivity contribution in [2.75, 3.05) is 33.8 Å². The Labute approximate surface area is 190 Å². The first kappa shape index (κ1) is 22.1. The molecule has 0 unspecified atom stereocenters. The van der Waals surface area contributed by atoms with Gasteiger partial charge in [-0.2, -0.15) is 0 Å². The van der Waals surface area contributed by atoms with Crippen LogP contribution in [-0.4, -0.2) is 50.0 Å². The molecule has 2 heterocycles. The Hall–Kier alpha value is -4.14. The van der Waals surface area contributed by atoms with Gasteiger partial charge in [-0.1, -0.05) is 6.07 Å². The number of fused-ring (bicyclic) bond motifs is 1. The van der Waals surface area contributed by atoms with Gasteiger partial charge in [-0.15, -0.1) is 0 Å². The number of nitrogens with zero attached hydrogens (tertiary/aromatic N) is 1. The quantitative estimate of drug-likeness (QED) is 0.563. The van der Waals surface area contributed by atoms with Crippen molar-refractivity contribution in [2.24, 2.45) is 0 Å². The standard InChI is InChI=1S/C24H24N2O7/c1-30-14-7-5-13(6-8-14)26-12-17(24(28)29)20-21(26)16(11-19(27)25-20)15-9-10-18(31-2)23(33-4)22(15)32-3/h5-10,12,16H,11H2,1-4H3,(H,25,27)(H,28,29)/t16-/m0/s1. The van der Waals surface area contributed by atoms with Crippen LogP contribution in [0.4, 0.5) is 5.69 Å². The Kier molecular flexibility index (Phi) is 5.87. The molecule has 1 amide bonds. The van der Waals surface area contributed by atoms with E-state index in [-0.39, 0.29) is 23.6 Å². The average Bonchev–Trinajstić information content (AvgIpc) is 3.22. The predicted molar refractivity (Wildman–Crippen MR) is 120 cm³/mol. The van der Waals surface area contributed by atoms with Crippen molar-refractivity contribution in [2.45, 2.75) is 12.3 Å². The number of nitrogens with one attached hydrogen (secondary N) is 1. The summed E-state index contributed by atoms with van der Waals surface area (Å²) >= 11 is 0. The second-order valence-electron chi connectivity index (χ2n) is 7.40. The number of benzene rings is 2. The molecule has 1 aromatic heterocycles. The third-order valence-electron chi connectivity index (χ3n) is 5.72. The van der Waals surface area contributed by atoms with E-state index in [1.54, 1.807) is 35.9 Å². The zero-order chi connectivity index (χ0) is 23.7.